The molecule has 5 aliphatic rings. The maximum atomic E-state index is 13.6. The van der Waals surface area contributed by atoms with E-state index in [-0.39, 0.29) is 24.1 Å². The van der Waals surface area contributed by atoms with Crippen LogP contribution in [0.25, 0.3) is 17.3 Å². The van der Waals surface area contributed by atoms with Crippen LogP contribution in [0.15, 0.2) is 28.9 Å². The largest absolute Gasteiger partial charge is 0.473 e. The summed E-state index contributed by atoms with van der Waals surface area (Å²) in [5.74, 6) is 1.99. The average Bonchev–Trinajstić information content (AvgIpc) is 3.96. The highest BCUT2D eigenvalue weighted by molar-refractivity contribution is 5.95. The predicted octanol–water partition coefficient (Wildman–Crippen LogP) is 4.38. The molecule has 2 fully saturated rings. The van der Waals surface area contributed by atoms with E-state index in [2.05, 4.69) is 36.2 Å². The molecule has 1 spiro atoms. The van der Waals surface area contributed by atoms with Gasteiger partial charge >= 0.3 is 0 Å². The number of benzene rings is 1. The van der Waals surface area contributed by atoms with Crippen LogP contribution < -0.4 is 10.5 Å². The summed E-state index contributed by atoms with van der Waals surface area (Å²) in [5, 5.41) is 19.7. The van der Waals surface area contributed by atoms with E-state index in [1.54, 1.807) is 10.7 Å². The molecule has 6 heterocycles. The van der Waals surface area contributed by atoms with E-state index in [1.165, 1.54) is 0 Å². The minimum atomic E-state index is -0.497. The van der Waals surface area contributed by atoms with Crippen molar-refractivity contribution < 1.29 is 18.8 Å². The van der Waals surface area contributed by atoms with Crippen LogP contribution >= 0.6 is 0 Å². The van der Waals surface area contributed by atoms with Crippen LogP contribution in [0.4, 0.5) is 5.69 Å². The zero-order valence-electron chi connectivity index (χ0n) is 29.2. The van der Waals surface area contributed by atoms with Crippen LogP contribution in [0.3, 0.4) is 0 Å². The van der Waals surface area contributed by atoms with Crippen molar-refractivity contribution >= 4 is 11.6 Å². The van der Waals surface area contributed by atoms with Gasteiger partial charge in [0.2, 0.25) is 5.88 Å². The Labute approximate surface area is 296 Å². The van der Waals surface area contributed by atoms with Gasteiger partial charge in [-0.25, -0.2) is 9.67 Å². The molecule has 9 rings (SSSR count). The number of anilines is 1. The standard InChI is InChI=1S/C38H43N9O4/c1-22(29-8-5-15-45(29)2)50-31-18-30(47-20-24-11-16-46(25-12-17-49-21-25)37(48)33(24)43-47)41-36(42-31)34-26-7-4-14-38(35(26)51-44-34)13-3-6-23-9-10-28(40)27(19-39)32(23)38/h9-10,18,20,22,25,29H,3-8,11-17,21,40H2,1-2H3. The molecule has 4 aromatic rings. The van der Waals surface area contributed by atoms with Crippen molar-refractivity contribution in [2.24, 2.45) is 0 Å². The van der Waals surface area contributed by atoms with Gasteiger partial charge in [0.25, 0.3) is 5.91 Å². The molecule has 2 N–H and O–H groups in total. The van der Waals surface area contributed by atoms with Gasteiger partial charge in [-0.15, -0.1) is 0 Å². The lowest BCUT2D eigenvalue weighted by atomic mass is 9.61. The van der Waals surface area contributed by atoms with Gasteiger partial charge in [0.1, 0.15) is 12.2 Å². The molecule has 264 valence electrons. The highest BCUT2D eigenvalue weighted by atomic mass is 16.5. The molecule has 0 radical (unpaired) electrons. The van der Waals surface area contributed by atoms with E-state index in [0.29, 0.717) is 66.3 Å². The van der Waals surface area contributed by atoms with E-state index in [9.17, 15) is 10.1 Å². The molecule has 0 saturated carbocycles. The second-order valence-electron chi connectivity index (χ2n) is 14.9. The van der Waals surface area contributed by atoms with E-state index in [1.807, 2.05) is 17.2 Å². The van der Waals surface area contributed by atoms with Gasteiger partial charge in [-0.1, -0.05) is 11.2 Å². The van der Waals surface area contributed by atoms with Crippen LogP contribution in [0.2, 0.25) is 0 Å². The number of likely N-dealkylation sites (tertiary alicyclic amines) is 1. The number of likely N-dealkylation sites (N-methyl/N-ethyl adjacent to an activating group) is 1. The number of nitriles is 1. The molecule has 4 unspecified atom stereocenters. The molecule has 2 aliphatic carbocycles. The molecule has 4 atom stereocenters. The van der Waals surface area contributed by atoms with Crippen molar-refractivity contribution in [3.8, 4) is 29.3 Å². The second-order valence-corrected chi connectivity index (χ2v) is 14.9. The Morgan fingerprint density at radius 1 is 1.08 bits per heavy atom. The summed E-state index contributed by atoms with van der Waals surface area (Å²) in [5.41, 5.74) is 11.9. The minimum absolute atomic E-state index is 0.0739. The van der Waals surface area contributed by atoms with Crippen molar-refractivity contribution in [1.29, 1.82) is 5.26 Å². The highest BCUT2D eigenvalue weighted by Gasteiger charge is 2.48. The van der Waals surface area contributed by atoms with Crippen LogP contribution in [0.1, 0.15) is 95.9 Å². The molecule has 1 aromatic carbocycles. The number of aryl methyl sites for hydroxylation is 1. The van der Waals surface area contributed by atoms with Crippen molar-refractivity contribution in [2.45, 2.75) is 94.7 Å². The zero-order valence-corrected chi connectivity index (χ0v) is 29.2. The third kappa shape index (κ3) is 5.21. The number of carbonyl (C=O) groups is 1. The first-order valence-electron chi connectivity index (χ1n) is 18.4. The van der Waals surface area contributed by atoms with E-state index in [4.69, 9.17) is 34.8 Å². The normalized spacial score (nSPS) is 25.0. The molecule has 2 saturated heterocycles. The monoisotopic (exact) mass is 689 g/mol. The minimum Gasteiger partial charge on any atom is -0.473 e. The Kier molecular flexibility index (Phi) is 7.85. The number of nitrogens with zero attached hydrogens (tertiary/aromatic N) is 8. The lowest BCUT2D eigenvalue weighted by molar-refractivity contribution is 0.0629. The summed E-state index contributed by atoms with van der Waals surface area (Å²) >= 11 is 0. The highest BCUT2D eigenvalue weighted by Crippen LogP contribution is 2.53. The van der Waals surface area contributed by atoms with Gasteiger partial charge in [0, 0.05) is 48.3 Å². The molecular weight excluding hydrogens is 646 g/mol. The molecule has 1 amide bonds. The van der Waals surface area contributed by atoms with Crippen molar-refractivity contribution in [3.63, 3.8) is 0 Å². The van der Waals surface area contributed by atoms with Crippen molar-refractivity contribution in [1.82, 2.24) is 34.7 Å². The summed E-state index contributed by atoms with van der Waals surface area (Å²) in [4.78, 5) is 27.9. The molecule has 51 heavy (non-hydrogen) atoms. The summed E-state index contributed by atoms with van der Waals surface area (Å²) < 4.78 is 20.2. The van der Waals surface area contributed by atoms with Crippen LogP contribution in [-0.4, -0.2) is 92.2 Å². The first kappa shape index (κ1) is 32.1. The molecule has 13 heteroatoms. The fourth-order valence-corrected chi connectivity index (χ4v) is 9.47. The zero-order chi connectivity index (χ0) is 34.9. The molecule has 3 aromatic heterocycles. The number of carbonyl (C=O) groups excluding carboxylic acids is 1. The van der Waals surface area contributed by atoms with E-state index in [0.717, 1.165) is 92.3 Å². The quantitative estimate of drug-likeness (QED) is 0.286. The van der Waals surface area contributed by atoms with E-state index < -0.39 is 5.41 Å². The van der Waals surface area contributed by atoms with Crippen LogP contribution in [0.5, 0.6) is 5.88 Å². The predicted molar refractivity (Wildman–Crippen MR) is 187 cm³/mol. The van der Waals surface area contributed by atoms with Gasteiger partial charge in [-0.2, -0.15) is 15.3 Å². The van der Waals surface area contributed by atoms with Gasteiger partial charge < -0.3 is 24.6 Å². The topological polar surface area (TPSA) is 161 Å². The number of hydrogen-bond donors (Lipinski definition) is 1. The molecule has 3 aliphatic heterocycles. The maximum absolute atomic E-state index is 13.6. The Morgan fingerprint density at radius 2 is 1.94 bits per heavy atom. The second kappa shape index (κ2) is 12.5. The maximum Gasteiger partial charge on any atom is 0.274 e. The summed E-state index contributed by atoms with van der Waals surface area (Å²) in [7, 11) is 2.13. The van der Waals surface area contributed by atoms with E-state index >= 15 is 0 Å². The SMILES string of the molecule is CC(Oc1cc(-n2cc3c(n2)C(=O)N(C2CCOC2)CC3)nc(-c2noc3c2CCCC32CCCc3ccc(N)c(C#N)c32)n1)C1CCCN1C. The Balaban J connectivity index is 1.14. The molecule has 0 bridgehead atoms. The lowest BCUT2D eigenvalue weighted by Crippen LogP contribution is -2.45. The average molecular weight is 690 g/mol. The summed E-state index contributed by atoms with van der Waals surface area (Å²) in [6, 6.07) is 8.46. The number of fused-ring (bicyclic) bond motifs is 5. The number of ether oxygens (including phenoxy) is 2. The number of nitrogens with two attached hydrogens (primary N) is 1. The number of amides is 1. The number of aromatic nitrogens is 5. The van der Waals surface area contributed by atoms with Gasteiger partial charge in [0.15, 0.2) is 28.8 Å². The molecular formula is C38H43N9O4. The third-order valence-electron chi connectivity index (χ3n) is 12.0. The smallest absolute Gasteiger partial charge is 0.274 e. The third-order valence-corrected chi connectivity index (χ3v) is 12.0. The summed E-state index contributed by atoms with van der Waals surface area (Å²) in [6.45, 7) is 4.98. The van der Waals surface area contributed by atoms with Gasteiger partial charge in [-0.3, -0.25) is 9.69 Å². The van der Waals surface area contributed by atoms with Crippen molar-refractivity contribution in [3.05, 3.63) is 63.7 Å². The first-order chi connectivity index (χ1) is 24.8. The Bertz CT molecular complexity index is 2060. The fourth-order valence-electron chi connectivity index (χ4n) is 9.47. The van der Waals surface area contributed by atoms with Gasteiger partial charge in [0.05, 0.1) is 23.6 Å². The number of hydrogen-bond acceptors (Lipinski definition) is 11. The van der Waals surface area contributed by atoms with Crippen molar-refractivity contribution in [2.75, 3.05) is 39.1 Å². The molecule has 13 nitrogen and oxygen atoms in total. The number of nitrogen functional groups attached to an aromatic ring is 1. The Hall–Kier alpha value is -4.80. The lowest BCUT2D eigenvalue weighted by Gasteiger charge is -2.41. The number of rotatable bonds is 6. The summed E-state index contributed by atoms with van der Waals surface area (Å²) in [6.07, 6.45) is 10.7. The van der Waals surface area contributed by atoms with Crippen LogP contribution in [0, 0.1) is 11.3 Å². The fraction of sp³-hybridized carbons (Fsp3) is 0.526. The van der Waals surface area contributed by atoms with Gasteiger partial charge in [-0.05, 0) is 102 Å². The first-order valence-corrected chi connectivity index (χ1v) is 18.4. The van der Waals surface area contributed by atoms with Crippen LogP contribution in [-0.2, 0) is 29.4 Å². The Morgan fingerprint density at radius 3 is 2.73 bits per heavy atom.